The first-order valence-electron chi connectivity index (χ1n) is 6.42. The van der Waals surface area contributed by atoms with Gasteiger partial charge in [-0.2, -0.15) is 0 Å². The van der Waals surface area contributed by atoms with Crippen LogP contribution in [0.5, 0.6) is 0 Å². The molecule has 1 aliphatic carbocycles. The smallest absolute Gasteiger partial charge is 0.330 e. The fourth-order valence-electron chi connectivity index (χ4n) is 2.05. The zero-order chi connectivity index (χ0) is 13.2. The van der Waals surface area contributed by atoms with Gasteiger partial charge in [0.1, 0.15) is 5.60 Å². The van der Waals surface area contributed by atoms with Gasteiger partial charge in [0.2, 0.25) is 0 Å². The van der Waals surface area contributed by atoms with Crippen molar-refractivity contribution in [2.45, 2.75) is 38.7 Å². The number of esters is 1. The summed E-state index contributed by atoms with van der Waals surface area (Å²) in [6.45, 7) is 5.63. The number of carbonyl (C=O) groups is 1. The molecule has 96 valence electrons. The Bertz CT molecular complexity index is 440. The molecule has 2 atom stereocenters. The fourth-order valence-corrected chi connectivity index (χ4v) is 2.05. The van der Waals surface area contributed by atoms with Crippen LogP contribution in [0.2, 0.25) is 0 Å². The van der Waals surface area contributed by atoms with Crippen LogP contribution >= 0.6 is 0 Å². The van der Waals surface area contributed by atoms with E-state index < -0.39 is 5.60 Å². The lowest BCUT2D eigenvalue weighted by Crippen LogP contribution is -2.22. The molecule has 0 spiro atoms. The number of ether oxygens (including phenoxy) is 1. The van der Waals surface area contributed by atoms with Gasteiger partial charge in [0.05, 0.1) is 0 Å². The average Bonchev–Trinajstić information content (AvgIpc) is 3.05. The van der Waals surface area contributed by atoms with Gasteiger partial charge < -0.3 is 4.74 Å². The van der Waals surface area contributed by atoms with Crippen LogP contribution in [0.15, 0.2) is 42.5 Å². The Morgan fingerprint density at radius 3 is 2.56 bits per heavy atom. The summed E-state index contributed by atoms with van der Waals surface area (Å²) in [6, 6.07) is 10.4. The second-order valence-corrected chi connectivity index (χ2v) is 5.81. The van der Waals surface area contributed by atoms with Crippen molar-refractivity contribution in [3.8, 4) is 0 Å². The molecule has 0 bridgehead atoms. The Labute approximate surface area is 109 Å². The topological polar surface area (TPSA) is 26.3 Å². The maximum atomic E-state index is 11.5. The molecule has 18 heavy (non-hydrogen) atoms. The third-order valence-electron chi connectivity index (χ3n) is 2.95. The molecule has 0 aliphatic heterocycles. The van der Waals surface area contributed by atoms with Crippen LogP contribution < -0.4 is 0 Å². The van der Waals surface area contributed by atoms with Gasteiger partial charge in [-0.1, -0.05) is 36.4 Å². The molecule has 0 amide bonds. The summed E-state index contributed by atoms with van der Waals surface area (Å²) in [5.41, 5.74) is 0.945. The summed E-state index contributed by atoms with van der Waals surface area (Å²) in [4.78, 5) is 11.5. The van der Waals surface area contributed by atoms with Gasteiger partial charge in [-0.15, -0.1) is 0 Å². The third-order valence-corrected chi connectivity index (χ3v) is 2.95. The quantitative estimate of drug-likeness (QED) is 0.599. The molecular weight excluding hydrogens is 224 g/mol. The van der Waals surface area contributed by atoms with E-state index in [4.69, 9.17) is 4.74 Å². The van der Waals surface area contributed by atoms with Gasteiger partial charge in [-0.3, -0.25) is 0 Å². The maximum Gasteiger partial charge on any atom is 0.330 e. The molecule has 1 saturated carbocycles. The second kappa shape index (κ2) is 4.97. The molecule has 1 fully saturated rings. The first-order chi connectivity index (χ1) is 8.46. The summed E-state index contributed by atoms with van der Waals surface area (Å²) < 4.78 is 5.23. The Morgan fingerprint density at radius 1 is 1.28 bits per heavy atom. The van der Waals surface area contributed by atoms with Gasteiger partial charge in [-0.25, -0.2) is 4.79 Å². The van der Waals surface area contributed by atoms with E-state index in [2.05, 4.69) is 24.3 Å². The van der Waals surface area contributed by atoms with E-state index in [0.717, 1.165) is 6.42 Å². The number of benzene rings is 1. The van der Waals surface area contributed by atoms with Crippen LogP contribution in [0.4, 0.5) is 0 Å². The van der Waals surface area contributed by atoms with Gasteiger partial charge in [-0.05, 0) is 44.6 Å². The lowest BCUT2D eigenvalue weighted by molar-refractivity contribution is -0.148. The molecule has 0 N–H and O–H groups in total. The lowest BCUT2D eigenvalue weighted by Gasteiger charge is -2.17. The van der Waals surface area contributed by atoms with Crippen LogP contribution in [-0.4, -0.2) is 11.6 Å². The van der Waals surface area contributed by atoms with E-state index in [-0.39, 0.29) is 5.97 Å². The van der Waals surface area contributed by atoms with Crippen LogP contribution in [0.1, 0.15) is 38.7 Å². The van der Waals surface area contributed by atoms with Gasteiger partial charge >= 0.3 is 5.97 Å². The second-order valence-electron chi connectivity index (χ2n) is 5.81. The van der Waals surface area contributed by atoms with E-state index in [9.17, 15) is 4.79 Å². The highest BCUT2D eigenvalue weighted by Gasteiger charge is 2.36. The normalized spacial score (nSPS) is 23.1. The highest BCUT2D eigenvalue weighted by atomic mass is 16.6. The van der Waals surface area contributed by atoms with Crippen LogP contribution in [-0.2, 0) is 9.53 Å². The van der Waals surface area contributed by atoms with E-state index in [1.165, 1.54) is 5.56 Å². The van der Waals surface area contributed by atoms with Gasteiger partial charge in [0.15, 0.2) is 0 Å². The Morgan fingerprint density at radius 2 is 1.94 bits per heavy atom. The van der Waals surface area contributed by atoms with Crippen molar-refractivity contribution in [3.05, 3.63) is 48.0 Å². The standard InChI is InChI=1S/C16H20O2/c1-16(2,3)18-15(17)10-9-13-11-14(13)12-7-5-4-6-8-12/h4-10,13-14H,11H2,1-3H3/b10-9-/t13-,14+/m0/s1. The van der Waals surface area contributed by atoms with Crippen molar-refractivity contribution in [1.29, 1.82) is 0 Å². The van der Waals surface area contributed by atoms with Crippen molar-refractivity contribution >= 4 is 5.97 Å². The summed E-state index contributed by atoms with van der Waals surface area (Å²) in [5, 5.41) is 0. The molecule has 2 nitrogen and oxygen atoms in total. The predicted octanol–water partition coefficient (Wildman–Crippen LogP) is 3.69. The van der Waals surface area contributed by atoms with Crippen LogP contribution in [0.3, 0.4) is 0 Å². The van der Waals surface area contributed by atoms with E-state index in [1.807, 2.05) is 32.9 Å². The van der Waals surface area contributed by atoms with E-state index >= 15 is 0 Å². The molecule has 1 aliphatic rings. The maximum absolute atomic E-state index is 11.5. The first-order valence-corrected chi connectivity index (χ1v) is 6.42. The largest absolute Gasteiger partial charge is 0.457 e. The minimum atomic E-state index is -0.413. The van der Waals surface area contributed by atoms with Crippen molar-refractivity contribution in [1.82, 2.24) is 0 Å². The minimum Gasteiger partial charge on any atom is -0.457 e. The molecule has 0 saturated heterocycles. The number of carbonyl (C=O) groups excluding carboxylic acids is 1. The molecule has 0 heterocycles. The first kappa shape index (κ1) is 12.9. The van der Waals surface area contributed by atoms with Crippen molar-refractivity contribution in [3.63, 3.8) is 0 Å². The number of rotatable bonds is 3. The molecule has 0 unspecified atom stereocenters. The van der Waals surface area contributed by atoms with E-state index in [0.29, 0.717) is 11.8 Å². The summed E-state index contributed by atoms with van der Waals surface area (Å²) in [5.74, 6) is 0.811. The number of hydrogen-bond donors (Lipinski definition) is 0. The highest BCUT2D eigenvalue weighted by Crippen LogP contribution is 2.48. The predicted molar refractivity (Wildman–Crippen MR) is 72.3 cm³/mol. The Kier molecular flexibility index (Phi) is 3.55. The Balaban J connectivity index is 1.85. The van der Waals surface area contributed by atoms with Gasteiger partial charge in [0.25, 0.3) is 0 Å². The molecular formula is C16H20O2. The minimum absolute atomic E-state index is 0.249. The zero-order valence-electron chi connectivity index (χ0n) is 11.2. The Hall–Kier alpha value is -1.57. The monoisotopic (exact) mass is 244 g/mol. The molecule has 0 aromatic heterocycles. The third kappa shape index (κ3) is 3.73. The van der Waals surface area contributed by atoms with Crippen LogP contribution in [0, 0.1) is 5.92 Å². The average molecular weight is 244 g/mol. The van der Waals surface area contributed by atoms with Gasteiger partial charge in [0, 0.05) is 6.08 Å². The summed E-state index contributed by atoms with van der Waals surface area (Å²) in [7, 11) is 0. The van der Waals surface area contributed by atoms with Crippen molar-refractivity contribution in [2.75, 3.05) is 0 Å². The molecule has 1 aromatic carbocycles. The van der Waals surface area contributed by atoms with Crippen molar-refractivity contribution in [2.24, 2.45) is 5.92 Å². The summed E-state index contributed by atoms with van der Waals surface area (Å²) >= 11 is 0. The molecule has 1 aromatic rings. The summed E-state index contributed by atoms with van der Waals surface area (Å²) in [6.07, 6.45) is 4.67. The zero-order valence-corrected chi connectivity index (χ0v) is 11.2. The lowest BCUT2D eigenvalue weighted by atomic mass is 10.1. The molecule has 0 radical (unpaired) electrons. The SMILES string of the molecule is CC(C)(C)OC(=O)/C=C\[C@H]1C[C@@H]1c1ccccc1. The van der Waals surface area contributed by atoms with Crippen LogP contribution in [0.25, 0.3) is 0 Å². The fraction of sp³-hybridized carbons (Fsp3) is 0.438. The van der Waals surface area contributed by atoms with E-state index in [1.54, 1.807) is 6.08 Å². The number of hydrogen-bond acceptors (Lipinski definition) is 2. The number of allylic oxidation sites excluding steroid dienone is 1. The molecule has 2 heteroatoms. The highest BCUT2D eigenvalue weighted by molar-refractivity contribution is 5.82. The van der Waals surface area contributed by atoms with Crippen molar-refractivity contribution < 1.29 is 9.53 Å². The molecule has 2 rings (SSSR count).